The van der Waals surface area contributed by atoms with E-state index in [0.29, 0.717) is 17.5 Å². The van der Waals surface area contributed by atoms with Gasteiger partial charge in [-0.15, -0.1) is 0 Å². The Morgan fingerprint density at radius 1 is 0.667 bits per heavy atom. The van der Waals surface area contributed by atoms with Crippen LogP contribution in [0.15, 0.2) is 110 Å². The van der Waals surface area contributed by atoms with Gasteiger partial charge in [0, 0.05) is 16.7 Å². The molecule has 2 heterocycles. The predicted octanol–water partition coefficient (Wildman–Crippen LogP) is 6.93. The summed E-state index contributed by atoms with van der Waals surface area (Å²) in [5, 5.41) is 0. The summed E-state index contributed by atoms with van der Waals surface area (Å²) in [6, 6.07) is 26.5. The molecule has 0 N–H and O–H groups in total. The Morgan fingerprint density at radius 3 is 1.67 bits per heavy atom. The van der Waals surface area contributed by atoms with Crippen LogP contribution in [-0.4, -0.2) is 33.3 Å². The van der Waals surface area contributed by atoms with E-state index in [4.69, 9.17) is 24.3 Å². The van der Waals surface area contributed by atoms with E-state index in [-0.39, 0.29) is 18.3 Å². The molecule has 194 valence electrons. The van der Waals surface area contributed by atoms with Crippen molar-refractivity contribution in [3.63, 3.8) is 0 Å². The van der Waals surface area contributed by atoms with Crippen molar-refractivity contribution in [2.24, 2.45) is 0 Å². The van der Waals surface area contributed by atoms with Gasteiger partial charge in [0.1, 0.15) is 0 Å². The van der Waals surface area contributed by atoms with Gasteiger partial charge in [0.15, 0.2) is 17.5 Å². The molecule has 1 saturated heterocycles. The van der Waals surface area contributed by atoms with Crippen molar-refractivity contribution >= 4 is 18.2 Å². The molecule has 1 aliphatic heterocycles. The van der Waals surface area contributed by atoms with Gasteiger partial charge in [-0.25, -0.2) is 15.0 Å². The van der Waals surface area contributed by atoms with Gasteiger partial charge >= 0.3 is 7.12 Å². The zero-order chi connectivity index (χ0) is 27.6. The maximum atomic E-state index is 6.19. The van der Waals surface area contributed by atoms with E-state index in [0.717, 1.165) is 33.3 Å². The summed E-state index contributed by atoms with van der Waals surface area (Å²) < 4.78 is 12.4. The molecule has 39 heavy (non-hydrogen) atoms. The van der Waals surface area contributed by atoms with Crippen LogP contribution in [0.4, 0.5) is 0 Å². The predicted molar refractivity (Wildman–Crippen MR) is 160 cm³/mol. The van der Waals surface area contributed by atoms with Crippen LogP contribution in [-0.2, 0) is 9.31 Å². The molecule has 1 fully saturated rings. The van der Waals surface area contributed by atoms with Crippen LogP contribution in [0.3, 0.4) is 0 Å². The van der Waals surface area contributed by atoms with Gasteiger partial charge in [-0.1, -0.05) is 110 Å². The van der Waals surface area contributed by atoms with Crippen LogP contribution in [0.5, 0.6) is 0 Å². The van der Waals surface area contributed by atoms with Crippen LogP contribution in [0.2, 0.25) is 0 Å². The summed E-state index contributed by atoms with van der Waals surface area (Å²) in [5.74, 6) is 1.75. The first kappa shape index (κ1) is 26.5. The van der Waals surface area contributed by atoms with Crippen molar-refractivity contribution in [1.29, 1.82) is 0 Å². The molecule has 0 unspecified atom stereocenters. The molecule has 0 atom stereocenters. The number of benzene rings is 3. The number of rotatable bonds is 7. The monoisotopic (exact) mass is 513 g/mol. The lowest BCUT2D eigenvalue weighted by Gasteiger charge is -2.32. The number of allylic oxidation sites excluding steroid dienone is 4. The Hall–Kier alpha value is -4.13. The SMILES string of the molecule is C=C/C=C(\C=C)c1nc(-c2ccccc2)nc(-c2ccc(-c3ccc(B4OC(C)(C)C(C)(C)O4)cc3)cc2)n1. The van der Waals surface area contributed by atoms with Gasteiger partial charge in [0.05, 0.1) is 11.2 Å². The third kappa shape index (κ3) is 5.39. The fourth-order valence-corrected chi connectivity index (χ4v) is 4.33. The van der Waals surface area contributed by atoms with Crippen LogP contribution >= 0.6 is 0 Å². The first-order chi connectivity index (χ1) is 18.7. The van der Waals surface area contributed by atoms with Crippen molar-refractivity contribution < 1.29 is 9.31 Å². The maximum absolute atomic E-state index is 6.19. The van der Waals surface area contributed by atoms with Crippen molar-refractivity contribution in [3.05, 3.63) is 116 Å². The van der Waals surface area contributed by atoms with E-state index >= 15 is 0 Å². The Morgan fingerprint density at radius 2 is 1.15 bits per heavy atom. The molecule has 0 saturated carbocycles. The Balaban J connectivity index is 1.44. The second-order valence-electron chi connectivity index (χ2n) is 10.5. The molecule has 0 radical (unpaired) electrons. The van der Waals surface area contributed by atoms with Gasteiger partial charge in [0.2, 0.25) is 0 Å². The van der Waals surface area contributed by atoms with E-state index in [1.54, 1.807) is 12.2 Å². The van der Waals surface area contributed by atoms with Crippen LogP contribution in [0.1, 0.15) is 33.5 Å². The van der Waals surface area contributed by atoms with Crippen molar-refractivity contribution in [1.82, 2.24) is 15.0 Å². The highest BCUT2D eigenvalue weighted by Crippen LogP contribution is 2.36. The average molecular weight is 513 g/mol. The second-order valence-corrected chi connectivity index (χ2v) is 10.5. The van der Waals surface area contributed by atoms with Crippen molar-refractivity contribution in [2.45, 2.75) is 38.9 Å². The summed E-state index contributed by atoms with van der Waals surface area (Å²) in [7, 11) is -0.376. The Labute approximate surface area is 231 Å². The zero-order valence-corrected chi connectivity index (χ0v) is 22.9. The molecule has 0 aliphatic carbocycles. The minimum Gasteiger partial charge on any atom is -0.399 e. The summed E-state index contributed by atoms with van der Waals surface area (Å²) in [6.45, 7) is 16.0. The second kappa shape index (κ2) is 10.6. The lowest BCUT2D eigenvalue weighted by atomic mass is 9.78. The highest BCUT2D eigenvalue weighted by molar-refractivity contribution is 6.62. The molecule has 3 aromatic carbocycles. The Kier molecular flexibility index (Phi) is 7.17. The number of nitrogens with zero attached hydrogens (tertiary/aromatic N) is 3. The van der Waals surface area contributed by atoms with E-state index in [1.807, 2.05) is 48.5 Å². The van der Waals surface area contributed by atoms with Crippen molar-refractivity contribution in [3.8, 4) is 33.9 Å². The molecule has 0 spiro atoms. The molecular weight excluding hydrogens is 481 g/mol. The number of hydrogen-bond donors (Lipinski definition) is 0. The van der Waals surface area contributed by atoms with Crippen LogP contribution in [0.25, 0.3) is 39.5 Å². The standard InChI is InChI=1S/C33H32BN3O2/c1-7-12-23(8-2)29-35-30(26-13-10-9-11-14-26)37-31(36-29)27-17-15-24(16-18-27)25-19-21-28(22-20-25)34-38-32(3,4)33(5,6)39-34/h7-22H,1-2H2,3-6H3/b23-12+. The average Bonchev–Trinajstić information content (AvgIpc) is 3.18. The topological polar surface area (TPSA) is 57.1 Å². The quantitative estimate of drug-likeness (QED) is 0.198. The first-order valence-electron chi connectivity index (χ1n) is 13.0. The van der Waals surface area contributed by atoms with Gasteiger partial charge in [-0.05, 0) is 44.3 Å². The van der Waals surface area contributed by atoms with Crippen molar-refractivity contribution in [2.75, 3.05) is 0 Å². The van der Waals surface area contributed by atoms with Gasteiger partial charge < -0.3 is 9.31 Å². The van der Waals surface area contributed by atoms with E-state index in [2.05, 4.69) is 77.3 Å². The minimum atomic E-state index is -0.376. The molecule has 5 rings (SSSR count). The molecular formula is C33H32BN3O2. The molecule has 0 bridgehead atoms. The molecule has 1 aromatic heterocycles. The third-order valence-electron chi connectivity index (χ3n) is 7.36. The van der Waals surface area contributed by atoms with Crippen LogP contribution < -0.4 is 5.46 Å². The number of aromatic nitrogens is 3. The largest absolute Gasteiger partial charge is 0.494 e. The first-order valence-corrected chi connectivity index (χ1v) is 13.0. The molecule has 4 aromatic rings. The van der Waals surface area contributed by atoms with Gasteiger partial charge in [0.25, 0.3) is 0 Å². The highest BCUT2D eigenvalue weighted by atomic mass is 16.7. The fourth-order valence-electron chi connectivity index (χ4n) is 4.33. The molecule has 1 aliphatic rings. The summed E-state index contributed by atoms with van der Waals surface area (Å²) in [4.78, 5) is 14.3. The molecule has 5 nitrogen and oxygen atoms in total. The normalized spacial score (nSPS) is 16.2. The summed E-state index contributed by atoms with van der Waals surface area (Å²) in [6.07, 6.45) is 5.28. The Bertz CT molecular complexity index is 1510. The van der Waals surface area contributed by atoms with E-state index in [1.165, 1.54) is 0 Å². The van der Waals surface area contributed by atoms with E-state index < -0.39 is 0 Å². The molecule has 6 heteroatoms. The minimum absolute atomic E-state index is 0.366. The van der Waals surface area contributed by atoms with Crippen LogP contribution in [0, 0.1) is 0 Å². The summed E-state index contributed by atoms with van der Waals surface area (Å²) in [5.41, 5.74) is 5.07. The lowest BCUT2D eigenvalue weighted by Crippen LogP contribution is -2.41. The molecule has 0 amide bonds. The lowest BCUT2D eigenvalue weighted by molar-refractivity contribution is 0.00578. The van der Waals surface area contributed by atoms with E-state index in [9.17, 15) is 0 Å². The summed E-state index contributed by atoms with van der Waals surface area (Å²) >= 11 is 0. The van der Waals surface area contributed by atoms with Gasteiger partial charge in [-0.3, -0.25) is 0 Å². The maximum Gasteiger partial charge on any atom is 0.494 e. The smallest absolute Gasteiger partial charge is 0.399 e. The fraction of sp³-hybridized carbons (Fsp3) is 0.182. The number of hydrogen-bond acceptors (Lipinski definition) is 5. The third-order valence-corrected chi connectivity index (χ3v) is 7.36. The zero-order valence-electron chi connectivity index (χ0n) is 22.9. The highest BCUT2D eigenvalue weighted by Gasteiger charge is 2.51. The van der Waals surface area contributed by atoms with Gasteiger partial charge in [-0.2, -0.15) is 0 Å².